The van der Waals surface area contributed by atoms with E-state index >= 15 is 0 Å². The second-order valence-corrected chi connectivity index (χ2v) is 7.67. The van der Waals surface area contributed by atoms with Gasteiger partial charge in [0, 0.05) is 30.5 Å². The molecule has 5 nitrogen and oxygen atoms in total. The van der Waals surface area contributed by atoms with Crippen molar-refractivity contribution in [2.45, 2.75) is 32.1 Å². The lowest BCUT2D eigenvalue weighted by Gasteiger charge is -2.20. The molecule has 1 aromatic heterocycles. The van der Waals surface area contributed by atoms with Crippen molar-refractivity contribution in [3.63, 3.8) is 0 Å². The van der Waals surface area contributed by atoms with Crippen LogP contribution in [-0.2, 0) is 0 Å². The van der Waals surface area contributed by atoms with Crippen LogP contribution >= 0.6 is 0 Å². The molecule has 0 amide bonds. The molecule has 146 valence electrons. The predicted molar refractivity (Wildman–Crippen MR) is 113 cm³/mol. The van der Waals surface area contributed by atoms with Gasteiger partial charge in [-0.1, -0.05) is 38.1 Å². The topological polar surface area (TPSA) is 47.5 Å². The lowest BCUT2D eigenvalue weighted by molar-refractivity contribution is 0.356. The van der Waals surface area contributed by atoms with E-state index in [2.05, 4.69) is 53.0 Å². The Bertz CT molecular complexity index is 969. The van der Waals surface area contributed by atoms with Crippen LogP contribution < -0.4 is 14.4 Å². The molecule has 4 rings (SSSR count). The van der Waals surface area contributed by atoms with Gasteiger partial charge in [-0.15, -0.1) is 0 Å². The molecule has 5 heteroatoms. The number of fused-ring (bicyclic) bond motifs is 1. The van der Waals surface area contributed by atoms with Crippen molar-refractivity contribution in [1.82, 2.24) is 9.97 Å². The first-order chi connectivity index (χ1) is 13.6. The van der Waals surface area contributed by atoms with Crippen LogP contribution in [0.1, 0.15) is 43.2 Å². The average molecular weight is 377 g/mol. The molecule has 1 unspecified atom stereocenters. The fraction of sp³-hybridized carbons (Fsp3) is 0.391. The summed E-state index contributed by atoms with van der Waals surface area (Å²) in [6.45, 7) is 6.41. The van der Waals surface area contributed by atoms with E-state index in [4.69, 9.17) is 9.47 Å². The van der Waals surface area contributed by atoms with E-state index in [1.54, 1.807) is 20.5 Å². The molecule has 1 fully saturated rings. The molecule has 2 heterocycles. The Kier molecular flexibility index (Phi) is 5.07. The number of hydrogen-bond donors (Lipinski definition) is 0. The summed E-state index contributed by atoms with van der Waals surface area (Å²) in [5.74, 6) is 3.43. The monoisotopic (exact) mass is 377 g/mol. The molecule has 0 aliphatic carbocycles. The lowest BCUT2D eigenvalue weighted by atomic mass is 9.95. The number of benzene rings is 2. The Hall–Kier alpha value is -2.82. The number of aromatic nitrogens is 2. The predicted octanol–water partition coefficient (Wildman–Crippen LogP) is 4.76. The molecule has 0 saturated carbocycles. The Morgan fingerprint density at radius 1 is 1.00 bits per heavy atom. The van der Waals surface area contributed by atoms with Gasteiger partial charge in [-0.05, 0) is 29.5 Å². The van der Waals surface area contributed by atoms with Gasteiger partial charge >= 0.3 is 0 Å². The Labute approximate surface area is 166 Å². The minimum atomic E-state index is 0.520. The number of hydrogen-bond acceptors (Lipinski definition) is 5. The third kappa shape index (κ3) is 3.37. The van der Waals surface area contributed by atoms with Crippen LogP contribution in [0, 0.1) is 0 Å². The quantitative estimate of drug-likeness (QED) is 0.641. The van der Waals surface area contributed by atoms with Crippen LogP contribution in [0.25, 0.3) is 10.9 Å². The molecule has 1 atom stereocenters. The van der Waals surface area contributed by atoms with Gasteiger partial charge in [0.25, 0.3) is 0 Å². The fourth-order valence-corrected chi connectivity index (χ4v) is 4.00. The van der Waals surface area contributed by atoms with Crippen molar-refractivity contribution < 1.29 is 9.47 Å². The minimum absolute atomic E-state index is 0.520. The highest BCUT2D eigenvalue weighted by molar-refractivity contribution is 5.92. The Balaban J connectivity index is 1.62. The van der Waals surface area contributed by atoms with Crippen molar-refractivity contribution in [2.75, 3.05) is 32.2 Å². The molecular weight excluding hydrogens is 350 g/mol. The van der Waals surface area contributed by atoms with Crippen LogP contribution in [0.4, 0.5) is 5.82 Å². The summed E-state index contributed by atoms with van der Waals surface area (Å²) in [5, 5.41) is 0.996. The van der Waals surface area contributed by atoms with Crippen LogP contribution in [0.5, 0.6) is 11.5 Å². The summed E-state index contributed by atoms with van der Waals surface area (Å²) < 4.78 is 10.9. The standard InChI is InChI=1S/C23H27N3O2/c1-15(2)16-5-7-17(8-6-16)18-9-10-26(13-18)23-19-11-21(27-3)22(28-4)12-20(19)24-14-25-23/h5-8,11-12,14-15,18H,9-10,13H2,1-4H3. The van der Waals surface area contributed by atoms with Crippen molar-refractivity contribution in [3.8, 4) is 11.5 Å². The van der Waals surface area contributed by atoms with Gasteiger partial charge in [-0.3, -0.25) is 0 Å². The molecule has 28 heavy (non-hydrogen) atoms. The second kappa shape index (κ2) is 7.66. The van der Waals surface area contributed by atoms with E-state index in [-0.39, 0.29) is 0 Å². The van der Waals surface area contributed by atoms with Gasteiger partial charge in [0.15, 0.2) is 11.5 Å². The van der Waals surface area contributed by atoms with Gasteiger partial charge in [0.05, 0.1) is 19.7 Å². The molecule has 1 aliphatic heterocycles. The number of nitrogens with zero attached hydrogens (tertiary/aromatic N) is 3. The van der Waals surface area contributed by atoms with E-state index in [9.17, 15) is 0 Å². The van der Waals surface area contributed by atoms with Gasteiger partial charge in [0.2, 0.25) is 0 Å². The first-order valence-corrected chi connectivity index (χ1v) is 9.82. The molecule has 1 aliphatic rings. The minimum Gasteiger partial charge on any atom is -0.493 e. The third-order valence-electron chi connectivity index (χ3n) is 5.68. The van der Waals surface area contributed by atoms with Crippen LogP contribution in [0.15, 0.2) is 42.7 Å². The van der Waals surface area contributed by atoms with Gasteiger partial charge in [-0.2, -0.15) is 0 Å². The van der Waals surface area contributed by atoms with E-state index in [1.807, 2.05) is 12.1 Å². The Morgan fingerprint density at radius 2 is 1.71 bits per heavy atom. The maximum atomic E-state index is 5.48. The molecule has 0 bridgehead atoms. The molecule has 0 radical (unpaired) electrons. The van der Waals surface area contributed by atoms with Gasteiger partial charge in [-0.25, -0.2) is 9.97 Å². The SMILES string of the molecule is COc1cc2ncnc(N3CCC(c4ccc(C(C)C)cc4)C3)c2cc1OC. The molecule has 2 aromatic carbocycles. The summed E-state index contributed by atoms with van der Waals surface area (Å²) >= 11 is 0. The van der Waals surface area contributed by atoms with Gasteiger partial charge < -0.3 is 14.4 Å². The summed E-state index contributed by atoms with van der Waals surface area (Å²) in [7, 11) is 3.29. The summed E-state index contributed by atoms with van der Waals surface area (Å²) in [5.41, 5.74) is 3.67. The van der Waals surface area contributed by atoms with E-state index in [0.29, 0.717) is 23.3 Å². The summed E-state index contributed by atoms with van der Waals surface area (Å²) in [6, 6.07) is 13.0. The normalized spacial score (nSPS) is 16.8. The number of methoxy groups -OCH3 is 2. The van der Waals surface area contributed by atoms with Crippen molar-refractivity contribution in [1.29, 1.82) is 0 Å². The van der Waals surface area contributed by atoms with Gasteiger partial charge in [0.1, 0.15) is 12.1 Å². The zero-order chi connectivity index (χ0) is 19.7. The third-order valence-corrected chi connectivity index (χ3v) is 5.68. The van der Waals surface area contributed by atoms with E-state index in [0.717, 1.165) is 36.2 Å². The van der Waals surface area contributed by atoms with E-state index in [1.165, 1.54) is 11.1 Å². The average Bonchev–Trinajstić information content (AvgIpc) is 3.22. The van der Waals surface area contributed by atoms with E-state index < -0.39 is 0 Å². The highest BCUT2D eigenvalue weighted by Gasteiger charge is 2.26. The largest absolute Gasteiger partial charge is 0.493 e. The smallest absolute Gasteiger partial charge is 0.162 e. The van der Waals surface area contributed by atoms with Crippen LogP contribution in [0.2, 0.25) is 0 Å². The van der Waals surface area contributed by atoms with Crippen molar-refractivity contribution >= 4 is 16.7 Å². The second-order valence-electron chi connectivity index (χ2n) is 7.67. The zero-order valence-electron chi connectivity index (χ0n) is 17.0. The lowest BCUT2D eigenvalue weighted by Crippen LogP contribution is -2.21. The van der Waals surface area contributed by atoms with Crippen LogP contribution in [-0.4, -0.2) is 37.3 Å². The zero-order valence-corrected chi connectivity index (χ0v) is 17.0. The number of rotatable bonds is 5. The first-order valence-electron chi connectivity index (χ1n) is 9.82. The highest BCUT2D eigenvalue weighted by Crippen LogP contribution is 2.37. The van der Waals surface area contributed by atoms with Crippen molar-refractivity contribution in [2.24, 2.45) is 0 Å². The summed E-state index contributed by atoms with van der Waals surface area (Å²) in [4.78, 5) is 11.4. The molecule has 3 aromatic rings. The molecule has 0 spiro atoms. The number of anilines is 1. The fourth-order valence-electron chi connectivity index (χ4n) is 4.00. The Morgan fingerprint density at radius 3 is 2.39 bits per heavy atom. The van der Waals surface area contributed by atoms with Crippen LogP contribution in [0.3, 0.4) is 0 Å². The maximum Gasteiger partial charge on any atom is 0.162 e. The maximum absolute atomic E-state index is 5.48. The highest BCUT2D eigenvalue weighted by atomic mass is 16.5. The number of ether oxygens (including phenoxy) is 2. The first kappa shape index (κ1) is 18.5. The molecular formula is C23H27N3O2. The summed E-state index contributed by atoms with van der Waals surface area (Å²) in [6.07, 6.45) is 2.76. The molecule has 1 saturated heterocycles. The molecule has 0 N–H and O–H groups in total. The van der Waals surface area contributed by atoms with Crippen molar-refractivity contribution in [3.05, 3.63) is 53.9 Å².